The Kier molecular flexibility index (Phi) is 5.69. The van der Waals surface area contributed by atoms with E-state index in [0.29, 0.717) is 12.5 Å². The molecule has 1 amide bonds. The molecule has 0 fully saturated rings. The van der Waals surface area contributed by atoms with Gasteiger partial charge in [0.15, 0.2) is 0 Å². The van der Waals surface area contributed by atoms with Gasteiger partial charge in [-0.05, 0) is 37.0 Å². The maximum absolute atomic E-state index is 11.7. The highest BCUT2D eigenvalue weighted by molar-refractivity contribution is 5.80. The van der Waals surface area contributed by atoms with E-state index >= 15 is 0 Å². The number of benzene rings is 1. The first kappa shape index (κ1) is 14.6. The molecule has 2 N–H and O–H groups in total. The van der Waals surface area contributed by atoms with Crippen LogP contribution in [0.4, 0.5) is 5.69 Å². The van der Waals surface area contributed by atoms with E-state index in [4.69, 9.17) is 0 Å². The fourth-order valence-corrected chi connectivity index (χ4v) is 1.56. The molecule has 1 atom stereocenters. The van der Waals surface area contributed by atoms with E-state index < -0.39 is 0 Å². The number of aryl methyl sites for hydroxylation is 1. The minimum absolute atomic E-state index is 0.0399. The van der Waals surface area contributed by atoms with Crippen LogP contribution in [0.5, 0.6) is 0 Å². The van der Waals surface area contributed by atoms with E-state index in [-0.39, 0.29) is 11.9 Å². The van der Waals surface area contributed by atoms with Crippen LogP contribution >= 0.6 is 0 Å². The Hall–Kier alpha value is -1.51. The molecule has 0 saturated heterocycles. The van der Waals surface area contributed by atoms with E-state index in [1.807, 2.05) is 19.1 Å². The second kappa shape index (κ2) is 7.04. The number of carbonyl (C=O) groups is 1. The number of rotatable bonds is 6. The van der Waals surface area contributed by atoms with Gasteiger partial charge in [0, 0.05) is 11.7 Å². The molecule has 100 valence electrons. The van der Waals surface area contributed by atoms with Crippen LogP contribution in [-0.2, 0) is 11.2 Å². The summed E-state index contributed by atoms with van der Waals surface area (Å²) in [6.45, 7) is 8.67. The quantitative estimate of drug-likeness (QED) is 0.813. The van der Waals surface area contributed by atoms with Crippen molar-refractivity contribution in [2.24, 2.45) is 5.92 Å². The van der Waals surface area contributed by atoms with Gasteiger partial charge in [-0.25, -0.2) is 0 Å². The van der Waals surface area contributed by atoms with Gasteiger partial charge in [-0.2, -0.15) is 0 Å². The molecule has 0 aliphatic rings. The summed E-state index contributed by atoms with van der Waals surface area (Å²) in [6, 6.07) is 8.38. The fraction of sp³-hybridized carbons (Fsp3) is 0.533. The first-order valence-electron chi connectivity index (χ1n) is 6.65. The molecule has 3 nitrogen and oxygen atoms in total. The minimum Gasteiger partial charge on any atom is -0.376 e. The lowest BCUT2D eigenvalue weighted by molar-refractivity contribution is -0.120. The second-order valence-corrected chi connectivity index (χ2v) is 5.01. The highest BCUT2D eigenvalue weighted by Gasteiger charge is 2.10. The topological polar surface area (TPSA) is 41.1 Å². The summed E-state index contributed by atoms with van der Waals surface area (Å²) in [5.74, 6) is 0.496. The standard InChI is InChI=1S/C15H24N2O/c1-5-13-7-6-8-14(9-13)16-10-15(18)17-12(4)11(2)3/h6-9,11-12,16H,5,10H2,1-4H3,(H,17,18). The van der Waals surface area contributed by atoms with Crippen LogP contribution in [0, 0.1) is 5.92 Å². The fourth-order valence-electron chi connectivity index (χ4n) is 1.56. The van der Waals surface area contributed by atoms with Crippen molar-refractivity contribution in [2.75, 3.05) is 11.9 Å². The molecule has 0 bridgehead atoms. The van der Waals surface area contributed by atoms with E-state index in [1.165, 1.54) is 5.56 Å². The third-order valence-corrected chi connectivity index (χ3v) is 3.18. The average molecular weight is 248 g/mol. The molecular formula is C15H24N2O. The molecule has 0 aromatic heterocycles. The van der Waals surface area contributed by atoms with Gasteiger partial charge in [0.25, 0.3) is 0 Å². The maximum atomic E-state index is 11.7. The van der Waals surface area contributed by atoms with E-state index in [9.17, 15) is 4.79 Å². The summed E-state index contributed by atoms with van der Waals surface area (Å²) in [7, 11) is 0. The largest absolute Gasteiger partial charge is 0.376 e. The minimum atomic E-state index is 0.0399. The van der Waals surface area contributed by atoms with E-state index in [2.05, 4.69) is 43.5 Å². The summed E-state index contributed by atoms with van der Waals surface area (Å²) in [5.41, 5.74) is 2.28. The van der Waals surface area contributed by atoms with Crippen LogP contribution in [0.1, 0.15) is 33.3 Å². The first-order chi connectivity index (χ1) is 8.52. The van der Waals surface area contributed by atoms with Gasteiger partial charge >= 0.3 is 0 Å². The van der Waals surface area contributed by atoms with Crippen LogP contribution in [-0.4, -0.2) is 18.5 Å². The SMILES string of the molecule is CCc1cccc(NCC(=O)NC(C)C(C)C)c1. The Morgan fingerprint density at radius 3 is 2.61 bits per heavy atom. The van der Waals surface area contributed by atoms with Crippen molar-refractivity contribution in [2.45, 2.75) is 40.2 Å². The molecule has 0 spiro atoms. The number of hydrogen-bond acceptors (Lipinski definition) is 2. The Morgan fingerprint density at radius 2 is 2.00 bits per heavy atom. The lowest BCUT2D eigenvalue weighted by Gasteiger charge is -2.17. The van der Waals surface area contributed by atoms with Crippen molar-refractivity contribution >= 4 is 11.6 Å². The van der Waals surface area contributed by atoms with Crippen molar-refractivity contribution in [3.63, 3.8) is 0 Å². The highest BCUT2D eigenvalue weighted by atomic mass is 16.1. The molecular weight excluding hydrogens is 224 g/mol. The highest BCUT2D eigenvalue weighted by Crippen LogP contribution is 2.10. The van der Waals surface area contributed by atoms with Crippen molar-refractivity contribution in [3.05, 3.63) is 29.8 Å². The third kappa shape index (κ3) is 4.78. The number of amides is 1. The number of nitrogens with one attached hydrogen (secondary N) is 2. The summed E-state index contributed by atoms with van der Waals surface area (Å²) in [4.78, 5) is 11.7. The Morgan fingerprint density at radius 1 is 1.28 bits per heavy atom. The molecule has 0 aliphatic heterocycles. The zero-order chi connectivity index (χ0) is 13.5. The van der Waals surface area contributed by atoms with Crippen LogP contribution in [0.15, 0.2) is 24.3 Å². The monoisotopic (exact) mass is 248 g/mol. The first-order valence-corrected chi connectivity index (χ1v) is 6.65. The normalized spacial score (nSPS) is 12.3. The van der Waals surface area contributed by atoms with Crippen LogP contribution in [0.3, 0.4) is 0 Å². The predicted molar refractivity (Wildman–Crippen MR) is 76.8 cm³/mol. The smallest absolute Gasteiger partial charge is 0.239 e. The molecule has 18 heavy (non-hydrogen) atoms. The van der Waals surface area contributed by atoms with Gasteiger partial charge in [0.1, 0.15) is 0 Å². The van der Waals surface area contributed by atoms with Crippen molar-refractivity contribution < 1.29 is 4.79 Å². The number of hydrogen-bond donors (Lipinski definition) is 2. The Labute approximate surface area is 110 Å². The average Bonchev–Trinajstić information content (AvgIpc) is 2.36. The third-order valence-electron chi connectivity index (χ3n) is 3.18. The molecule has 1 aromatic rings. The zero-order valence-corrected chi connectivity index (χ0v) is 11.8. The summed E-state index contributed by atoms with van der Waals surface area (Å²) in [6.07, 6.45) is 1.01. The molecule has 3 heteroatoms. The summed E-state index contributed by atoms with van der Waals surface area (Å²) >= 11 is 0. The predicted octanol–water partition coefficient (Wildman–Crippen LogP) is 2.82. The lowest BCUT2D eigenvalue weighted by atomic mass is 10.1. The van der Waals surface area contributed by atoms with Gasteiger partial charge in [0.05, 0.1) is 6.54 Å². The van der Waals surface area contributed by atoms with E-state index in [1.54, 1.807) is 0 Å². The van der Waals surface area contributed by atoms with Gasteiger partial charge < -0.3 is 10.6 Å². The number of anilines is 1. The zero-order valence-electron chi connectivity index (χ0n) is 11.8. The van der Waals surface area contributed by atoms with E-state index in [0.717, 1.165) is 12.1 Å². The maximum Gasteiger partial charge on any atom is 0.239 e. The van der Waals surface area contributed by atoms with Gasteiger partial charge in [-0.1, -0.05) is 32.9 Å². The second-order valence-electron chi connectivity index (χ2n) is 5.01. The van der Waals surface area contributed by atoms with Crippen molar-refractivity contribution in [1.29, 1.82) is 0 Å². The van der Waals surface area contributed by atoms with Gasteiger partial charge in [0.2, 0.25) is 5.91 Å². The molecule has 1 rings (SSSR count). The number of carbonyl (C=O) groups excluding carboxylic acids is 1. The van der Waals surface area contributed by atoms with Crippen LogP contribution < -0.4 is 10.6 Å². The van der Waals surface area contributed by atoms with Crippen molar-refractivity contribution in [3.8, 4) is 0 Å². The van der Waals surface area contributed by atoms with Gasteiger partial charge in [-0.3, -0.25) is 4.79 Å². The lowest BCUT2D eigenvalue weighted by Crippen LogP contribution is -2.39. The molecule has 0 saturated carbocycles. The molecule has 1 unspecified atom stereocenters. The molecule has 0 heterocycles. The Balaban J connectivity index is 2.42. The van der Waals surface area contributed by atoms with Crippen LogP contribution in [0.25, 0.3) is 0 Å². The molecule has 0 aliphatic carbocycles. The summed E-state index contributed by atoms with van der Waals surface area (Å²) < 4.78 is 0. The van der Waals surface area contributed by atoms with Crippen molar-refractivity contribution in [1.82, 2.24) is 5.32 Å². The molecule has 0 radical (unpaired) electrons. The van der Waals surface area contributed by atoms with Crippen LogP contribution in [0.2, 0.25) is 0 Å². The summed E-state index contributed by atoms with van der Waals surface area (Å²) in [5, 5.41) is 6.13. The Bertz CT molecular complexity index is 388. The van der Waals surface area contributed by atoms with Gasteiger partial charge in [-0.15, -0.1) is 0 Å². The molecule has 1 aromatic carbocycles.